The quantitative estimate of drug-likeness (QED) is 0.784. The zero-order valence-electron chi connectivity index (χ0n) is 19.4. The van der Waals surface area contributed by atoms with Crippen LogP contribution in [0.1, 0.15) is 63.1 Å². The zero-order valence-corrected chi connectivity index (χ0v) is 19.4. The van der Waals surface area contributed by atoms with Crippen LogP contribution in [0.4, 0.5) is 5.82 Å². The first-order chi connectivity index (χ1) is 15.6. The van der Waals surface area contributed by atoms with Gasteiger partial charge in [-0.05, 0) is 51.0 Å². The van der Waals surface area contributed by atoms with E-state index in [1.807, 2.05) is 16.8 Å². The molecule has 7 heteroatoms. The molecule has 0 bridgehead atoms. The van der Waals surface area contributed by atoms with Crippen LogP contribution in [0.3, 0.4) is 0 Å². The first-order valence-electron chi connectivity index (χ1n) is 12.7. The summed E-state index contributed by atoms with van der Waals surface area (Å²) < 4.78 is 1.99. The van der Waals surface area contributed by atoms with Gasteiger partial charge >= 0.3 is 0 Å². The topological polar surface area (TPSA) is 65.8 Å². The van der Waals surface area contributed by atoms with E-state index in [1.165, 1.54) is 56.2 Å². The van der Waals surface area contributed by atoms with E-state index in [1.54, 1.807) is 0 Å². The minimum absolute atomic E-state index is 0.296. The van der Waals surface area contributed by atoms with Gasteiger partial charge in [0.15, 0.2) is 5.65 Å². The van der Waals surface area contributed by atoms with Gasteiger partial charge in [0.05, 0.1) is 17.3 Å². The van der Waals surface area contributed by atoms with Crippen molar-refractivity contribution in [2.75, 3.05) is 44.2 Å². The predicted molar refractivity (Wildman–Crippen MR) is 125 cm³/mol. The second-order valence-electron chi connectivity index (χ2n) is 11.0. The molecule has 1 aliphatic carbocycles. The molecule has 0 unspecified atom stereocenters. The Morgan fingerprint density at radius 1 is 1.03 bits per heavy atom. The predicted octanol–water partition coefficient (Wildman–Crippen LogP) is 2.82. The molecule has 1 N–H and O–H groups in total. The lowest BCUT2D eigenvalue weighted by Crippen LogP contribution is -2.64. The first kappa shape index (κ1) is 20.5. The van der Waals surface area contributed by atoms with Crippen LogP contribution in [0.5, 0.6) is 0 Å². The Balaban J connectivity index is 1.19. The molecular weight excluding hydrogens is 400 g/mol. The number of carbonyl (C=O) groups is 1. The fourth-order valence-electron chi connectivity index (χ4n) is 6.79. The average molecular weight is 437 g/mol. The van der Waals surface area contributed by atoms with Crippen molar-refractivity contribution in [3.8, 4) is 0 Å². The highest BCUT2D eigenvalue weighted by atomic mass is 16.2. The van der Waals surface area contributed by atoms with Gasteiger partial charge in [-0.1, -0.05) is 19.3 Å². The van der Waals surface area contributed by atoms with Crippen molar-refractivity contribution in [3.05, 3.63) is 23.5 Å². The van der Waals surface area contributed by atoms with E-state index in [0.29, 0.717) is 11.3 Å². The number of hydrogen-bond donors (Lipinski definition) is 1. The Bertz CT molecular complexity index is 1010. The fraction of sp³-hybridized carbons (Fsp3) is 0.720. The average Bonchev–Trinajstić information content (AvgIpc) is 3.13. The summed E-state index contributed by atoms with van der Waals surface area (Å²) in [5, 5.41) is 8.08. The Hall–Kier alpha value is -2.15. The van der Waals surface area contributed by atoms with E-state index in [-0.39, 0.29) is 5.41 Å². The molecule has 0 atom stereocenters. The van der Waals surface area contributed by atoms with Gasteiger partial charge in [-0.15, -0.1) is 0 Å². The summed E-state index contributed by atoms with van der Waals surface area (Å²) in [6.07, 6.45) is 13.1. The third kappa shape index (κ3) is 3.31. The molecule has 2 aromatic rings. The van der Waals surface area contributed by atoms with Crippen molar-refractivity contribution in [2.45, 2.75) is 64.7 Å². The number of fused-ring (bicyclic) bond motifs is 2. The van der Waals surface area contributed by atoms with Gasteiger partial charge in [-0.3, -0.25) is 4.79 Å². The summed E-state index contributed by atoms with van der Waals surface area (Å²) >= 11 is 0. The summed E-state index contributed by atoms with van der Waals surface area (Å²) in [5.74, 6) is 1.52. The highest BCUT2D eigenvalue weighted by Crippen LogP contribution is 2.46. The molecule has 1 spiro atoms. The Labute approximate surface area is 190 Å². The van der Waals surface area contributed by atoms with E-state index in [0.717, 1.165) is 63.6 Å². The maximum Gasteiger partial charge on any atom is 0.232 e. The lowest BCUT2D eigenvalue weighted by Gasteiger charge is -2.52. The van der Waals surface area contributed by atoms with Gasteiger partial charge in [-0.2, -0.15) is 9.61 Å². The smallest absolute Gasteiger partial charge is 0.232 e. The second kappa shape index (κ2) is 7.72. The molecule has 172 valence electrons. The number of rotatable bonds is 2. The van der Waals surface area contributed by atoms with E-state index >= 15 is 0 Å². The monoisotopic (exact) mass is 436 g/mol. The fourth-order valence-corrected chi connectivity index (χ4v) is 6.79. The van der Waals surface area contributed by atoms with Gasteiger partial charge in [0.2, 0.25) is 5.91 Å². The summed E-state index contributed by atoms with van der Waals surface area (Å²) in [7, 11) is 0. The molecule has 6 rings (SSSR count). The van der Waals surface area contributed by atoms with Crippen LogP contribution in [0, 0.1) is 10.8 Å². The first-order valence-corrected chi connectivity index (χ1v) is 12.7. The number of hydrogen-bond acceptors (Lipinski definition) is 5. The molecule has 1 amide bonds. The number of carbonyl (C=O) groups excluding carboxylic acids is 1. The number of aromatic nitrogens is 3. The minimum Gasteiger partial charge on any atom is -0.354 e. The maximum atomic E-state index is 13.6. The SMILES string of the molecule is CC1(C(=O)N2CCC3(CCCCC3)CC2)CN(c2c3c(nc4ccnn24)CCNCC3)C1. The largest absolute Gasteiger partial charge is 0.354 e. The third-order valence-electron chi connectivity index (χ3n) is 8.70. The van der Waals surface area contributed by atoms with Crippen molar-refractivity contribution in [1.29, 1.82) is 0 Å². The van der Waals surface area contributed by atoms with Crippen molar-refractivity contribution in [2.24, 2.45) is 10.8 Å². The molecule has 5 heterocycles. The van der Waals surface area contributed by atoms with Crippen molar-refractivity contribution < 1.29 is 4.79 Å². The lowest BCUT2D eigenvalue weighted by molar-refractivity contribution is -0.145. The van der Waals surface area contributed by atoms with Gasteiger partial charge in [0.25, 0.3) is 0 Å². The second-order valence-corrected chi connectivity index (χ2v) is 11.0. The van der Waals surface area contributed by atoms with Gasteiger partial charge in [0, 0.05) is 50.8 Å². The molecule has 32 heavy (non-hydrogen) atoms. The van der Waals surface area contributed by atoms with Crippen LogP contribution in [0.15, 0.2) is 12.3 Å². The van der Waals surface area contributed by atoms with Crippen molar-refractivity contribution >= 4 is 17.4 Å². The van der Waals surface area contributed by atoms with Crippen LogP contribution in [0.25, 0.3) is 5.65 Å². The number of nitrogens with one attached hydrogen (secondary N) is 1. The number of anilines is 1. The summed E-state index contributed by atoms with van der Waals surface area (Å²) in [4.78, 5) is 23.0. The zero-order chi connectivity index (χ0) is 21.8. The normalized spacial score (nSPS) is 24.8. The molecular formula is C25H36N6O. The van der Waals surface area contributed by atoms with Crippen LogP contribution < -0.4 is 10.2 Å². The minimum atomic E-state index is -0.296. The maximum absolute atomic E-state index is 13.6. The van der Waals surface area contributed by atoms with Crippen molar-refractivity contribution in [3.63, 3.8) is 0 Å². The lowest BCUT2D eigenvalue weighted by atomic mass is 9.67. The van der Waals surface area contributed by atoms with Gasteiger partial charge < -0.3 is 15.1 Å². The summed E-state index contributed by atoms with van der Waals surface area (Å²) in [5.41, 5.74) is 3.64. The molecule has 7 nitrogen and oxygen atoms in total. The Kier molecular flexibility index (Phi) is 4.93. The van der Waals surface area contributed by atoms with Gasteiger partial charge in [-0.25, -0.2) is 4.98 Å². The summed E-state index contributed by atoms with van der Waals surface area (Å²) in [6.45, 7) is 7.55. The molecule has 4 aliphatic rings. The molecule has 3 aliphatic heterocycles. The third-order valence-corrected chi connectivity index (χ3v) is 8.70. The van der Waals surface area contributed by atoms with Crippen molar-refractivity contribution in [1.82, 2.24) is 24.8 Å². The van der Waals surface area contributed by atoms with Crippen LogP contribution in [-0.2, 0) is 17.6 Å². The molecule has 2 saturated heterocycles. The highest BCUT2D eigenvalue weighted by Gasteiger charge is 2.50. The van der Waals surface area contributed by atoms with E-state index in [2.05, 4.69) is 27.1 Å². The number of piperidine rings is 1. The Morgan fingerprint density at radius 2 is 1.78 bits per heavy atom. The van der Waals surface area contributed by atoms with Crippen LogP contribution in [0.2, 0.25) is 0 Å². The standard InChI is InChI=1S/C25H36N6O/c1-24(23(32)29-15-10-25(11-16-29)8-3-2-4-9-25)17-30(18-24)22-19-5-12-26-13-6-20(19)28-21-7-14-27-31(21)22/h7,14,26H,2-6,8-13,15-18H2,1H3. The molecule has 0 radical (unpaired) electrons. The number of amides is 1. The van der Waals surface area contributed by atoms with Crippen LogP contribution in [-0.4, -0.2) is 64.7 Å². The molecule has 0 aromatic carbocycles. The summed E-state index contributed by atoms with van der Waals surface area (Å²) in [6, 6.07) is 1.99. The molecule has 2 aromatic heterocycles. The van der Waals surface area contributed by atoms with E-state index in [9.17, 15) is 4.79 Å². The molecule has 1 saturated carbocycles. The highest BCUT2D eigenvalue weighted by molar-refractivity contribution is 5.86. The van der Waals surface area contributed by atoms with Crippen LogP contribution >= 0.6 is 0 Å². The molecule has 3 fully saturated rings. The Morgan fingerprint density at radius 3 is 2.56 bits per heavy atom. The van der Waals surface area contributed by atoms with E-state index < -0.39 is 0 Å². The van der Waals surface area contributed by atoms with Gasteiger partial charge in [0.1, 0.15) is 5.82 Å². The number of likely N-dealkylation sites (tertiary alicyclic amines) is 1. The van der Waals surface area contributed by atoms with E-state index in [4.69, 9.17) is 4.98 Å². The number of nitrogens with zero attached hydrogens (tertiary/aromatic N) is 5.